The molecule has 138 valence electrons. The molecule has 1 heterocycles. The van der Waals surface area contributed by atoms with E-state index in [0.29, 0.717) is 11.4 Å². The van der Waals surface area contributed by atoms with Crippen LogP contribution in [0.4, 0.5) is 11.4 Å². The van der Waals surface area contributed by atoms with Gasteiger partial charge in [-0.25, -0.2) is 0 Å². The molecule has 2 aliphatic rings. The first-order valence-corrected chi connectivity index (χ1v) is 8.87. The van der Waals surface area contributed by atoms with E-state index in [9.17, 15) is 14.4 Å². The van der Waals surface area contributed by atoms with Gasteiger partial charge in [-0.1, -0.05) is 18.9 Å². The van der Waals surface area contributed by atoms with Crippen molar-refractivity contribution in [2.75, 3.05) is 23.8 Å². The smallest absolute Gasteiger partial charge is 0.277 e. The molecule has 7 nitrogen and oxygen atoms in total. The fourth-order valence-corrected chi connectivity index (χ4v) is 3.38. The fraction of sp³-hybridized carbons (Fsp3) is 0.421. The Hall–Kier alpha value is -2.67. The standard InChI is InChI=1S/C19H23N3O4/c1-12-14(20-16-11-17(24)22(9-10-23)19(16)26)7-4-8-15(12)21-18(25)13-5-2-3-6-13/h4,7-8,11,13,20,23H,2-3,5-6,9-10H2,1H3,(H,21,25). The van der Waals surface area contributed by atoms with Crippen LogP contribution in [0.3, 0.4) is 0 Å². The summed E-state index contributed by atoms with van der Waals surface area (Å²) in [5, 5.41) is 14.9. The number of benzene rings is 1. The number of anilines is 2. The van der Waals surface area contributed by atoms with Gasteiger partial charge in [-0.3, -0.25) is 19.3 Å². The Morgan fingerprint density at radius 2 is 1.92 bits per heavy atom. The Bertz CT molecular complexity index is 766. The molecule has 1 fully saturated rings. The van der Waals surface area contributed by atoms with Crippen molar-refractivity contribution in [3.8, 4) is 0 Å². The summed E-state index contributed by atoms with van der Waals surface area (Å²) in [4.78, 5) is 37.4. The zero-order valence-electron chi connectivity index (χ0n) is 14.7. The van der Waals surface area contributed by atoms with Crippen LogP contribution in [0.2, 0.25) is 0 Å². The maximum Gasteiger partial charge on any atom is 0.277 e. The number of nitrogens with zero attached hydrogens (tertiary/aromatic N) is 1. The molecular weight excluding hydrogens is 334 g/mol. The van der Waals surface area contributed by atoms with E-state index in [-0.39, 0.29) is 30.7 Å². The van der Waals surface area contributed by atoms with Gasteiger partial charge in [-0.15, -0.1) is 0 Å². The maximum absolute atomic E-state index is 12.4. The monoisotopic (exact) mass is 357 g/mol. The Labute approximate surface area is 152 Å². The molecule has 1 saturated carbocycles. The minimum absolute atomic E-state index is 0.0307. The molecule has 7 heteroatoms. The lowest BCUT2D eigenvalue weighted by atomic mass is 10.1. The molecule has 0 bridgehead atoms. The molecule has 1 aromatic rings. The largest absolute Gasteiger partial charge is 0.395 e. The number of aliphatic hydroxyl groups is 1. The Morgan fingerprint density at radius 1 is 1.23 bits per heavy atom. The normalized spacial score (nSPS) is 17.6. The average molecular weight is 357 g/mol. The van der Waals surface area contributed by atoms with Crippen molar-refractivity contribution in [1.82, 2.24) is 4.90 Å². The molecule has 0 saturated heterocycles. The predicted molar refractivity (Wildman–Crippen MR) is 97.3 cm³/mol. The van der Waals surface area contributed by atoms with E-state index in [1.807, 2.05) is 13.0 Å². The van der Waals surface area contributed by atoms with Crippen LogP contribution in [0.15, 0.2) is 30.0 Å². The molecule has 3 N–H and O–H groups in total. The summed E-state index contributed by atoms with van der Waals surface area (Å²) in [6.07, 6.45) is 5.25. The summed E-state index contributed by atoms with van der Waals surface area (Å²) >= 11 is 0. The lowest BCUT2D eigenvalue weighted by molar-refractivity contribution is -0.137. The molecule has 0 spiro atoms. The van der Waals surface area contributed by atoms with E-state index in [4.69, 9.17) is 5.11 Å². The topological polar surface area (TPSA) is 98.7 Å². The van der Waals surface area contributed by atoms with Crippen LogP contribution in [0.5, 0.6) is 0 Å². The maximum atomic E-state index is 12.4. The van der Waals surface area contributed by atoms with Crippen LogP contribution in [0.25, 0.3) is 0 Å². The number of rotatable bonds is 6. The number of aliphatic hydroxyl groups excluding tert-OH is 1. The van der Waals surface area contributed by atoms with Crippen LogP contribution in [-0.2, 0) is 14.4 Å². The Morgan fingerprint density at radius 3 is 2.62 bits per heavy atom. The SMILES string of the molecule is Cc1c(NC(=O)C2CCCC2)cccc1NC1=CC(=O)N(CCO)C1=O. The lowest BCUT2D eigenvalue weighted by Crippen LogP contribution is -2.34. The molecule has 26 heavy (non-hydrogen) atoms. The third kappa shape index (κ3) is 3.62. The molecular formula is C19H23N3O4. The summed E-state index contributed by atoms with van der Waals surface area (Å²) in [6.45, 7) is 1.54. The first-order valence-electron chi connectivity index (χ1n) is 8.87. The second kappa shape index (κ2) is 7.70. The summed E-state index contributed by atoms with van der Waals surface area (Å²) in [7, 11) is 0. The summed E-state index contributed by atoms with van der Waals surface area (Å²) in [6, 6.07) is 5.39. The van der Waals surface area contributed by atoms with Crippen LogP contribution in [0, 0.1) is 12.8 Å². The van der Waals surface area contributed by atoms with E-state index in [2.05, 4.69) is 10.6 Å². The molecule has 0 unspecified atom stereocenters. The molecule has 0 aromatic heterocycles. The van der Waals surface area contributed by atoms with Gasteiger partial charge in [0.2, 0.25) is 5.91 Å². The van der Waals surface area contributed by atoms with Crippen molar-refractivity contribution in [1.29, 1.82) is 0 Å². The first kappa shape index (κ1) is 18.1. The quantitative estimate of drug-likeness (QED) is 0.674. The molecule has 1 aliphatic carbocycles. The second-order valence-electron chi connectivity index (χ2n) is 6.65. The van der Waals surface area contributed by atoms with Gasteiger partial charge in [0.15, 0.2) is 0 Å². The number of carbonyl (C=O) groups is 3. The van der Waals surface area contributed by atoms with Crippen molar-refractivity contribution in [2.24, 2.45) is 5.92 Å². The van der Waals surface area contributed by atoms with E-state index in [1.54, 1.807) is 12.1 Å². The van der Waals surface area contributed by atoms with Crippen LogP contribution in [-0.4, -0.2) is 40.9 Å². The summed E-state index contributed by atoms with van der Waals surface area (Å²) in [5.74, 6) is -0.822. The van der Waals surface area contributed by atoms with Gasteiger partial charge in [-0.2, -0.15) is 0 Å². The third-order valence-corrected chi connectivity index (χ3v) is 4.92. The van der Waals surface area contributed by atoms with Crippen molar-refractivity contribution >= 4 is 29.1 Å². The number of hydrogen-bond donors (Lipinski definition) is 3. The van der Waals surface area contributed by atoms with Gasteiger partial charge >= 0.3 is 0 Å². The van der Waals surface area contributed by atoms with Crippen LogP contribution < -0.4 is 10.6 Å². The number of β-amino-alcohol motifs (C(OH)–C–C–N with tert-alkyl or cyclic N) is 1. The van der Waals surface area contributed by atoms with Gasteiger partial charge in [-0.05, 0) is 37.5 Å². The van der Waals surface area contributed by atoms with Gasteiger partial charge in [0.05, 0.1) is 13.2 Å². The van der Waals surface area contributed by atoms with E-state index >= 15 is 0 Å². The molecule has 3 amide bonds. The molecule has 0 atom stereocenters. The van der Waals surface area contributed by atoms with Gasteiger partial charge in [0.1, 0.15) is 5.70 Å². The minimum Gasteiger partial charge on any atom is -0.395 e. The van der Waals surface area contributed by atoms with Gasteiger partial charge in [0, 0.05) is 23.4 Å². The van der Waals surface area contributed by atoms with E-state index in [0.717, 1.165) is 36.1 Å². The lowest BCUT2D eigenvalue weighted by Gasteiger charge is -2.17. The molecule has 3 rings (SSSR count). The van der Waals surface area contributed by atoms with E-state index in [1.165, 1.54) is 6.08 Å². The van der Waals surface area contributed by atoms with Crippen molar-refractivity contribution in [3.05, 3.63) is 35.5 Å². The zero-order chi connectivity index (χ0) is 18.7. The third-order valence-electron chi connectivity index (χ3n) is 4.92. The highest BCUT2D eigenvalue weighted by Crippen LogP contribution is 2.29. The number of hydrogen-bond acceptors (Lipinski definition) is 5. The highest BCUT2D eigenvalue weighted by atomic mass is 16.3. The van der Waals surface area contributed by atoms with Crippen molar-refractivity contribution < 1.29 is 19.5 Å². The number of carbonyl (C=O) groups excluding carboxylic acids is 3. The Kier molecular flexibility index (Phi) is 5.37. The van der Waals surface area contributed by atoms with Crippen LogP contribution >= 0.6 is 0 Å². The summed E-state index contributed by atoms with van der Waals surface area (Å²) in [5.41, 5.74) is 2.29. The second-order valence-corrected chi connectivity index (χ2v) is 6.65. The highest BCUT2D eigenvalue weighted by Gasteiger charge is 2.31. The zero-order valence-corrected chi connectivity index (χ0v) is 14.7. The highest BCUT2D eigenvalue weighted by molar-refractivity contribution is 6.17. The first-order chi connectivity index (χ1) is 12.5. The summed E-state index contributed by atoms with van der Waals surface area (Å²) < 4.78 is 0. The van der Waals surface area contributed by atoms with Crippen molar-refractivity contribution in [2.45, 2.75) is 32.6 Å². The fourth-order valence-electron chi connectivity index (χ4n) is 3.38. The number of amides is 3. The Balaban J connectivity index is 1.73. The number of imide groups is 1. The molecule has 1 aliphatic heterocycles. The number of nitrogens with one attached hydrogen (secondary N) is 2. The van der Waals surface area contributed by atoms with Gasteiger partial charge in [0.25, 0.3) is 11.8 Å². The van der Waals surface area contributed by atoms with Crippen molar-refractivity contribution in [3.63, 3.8) is 0 Å². The van der Waals surface area contributed by atoms with Crippen LogP contribution in [0.1, 0.15) is 31.2 Å². The molecule has 1 aromatic carbocycles. The minimum atomic E-state index is -0.469. The average Bonchev–Trinajstić information content (AvgIpc) is 3.23. The van der Waals surface area contributed by atoms with E-state index < -0.39 is 11.8 Å². The predicted octanol–water partition coefficient (Wildman–Crippen LogP) is 1.78. The molecule has 0 radical (unpaired) electrons. The van der Waals surface area contributed by atoms with Gasteiger partial charge < -0.3 is 15.7 Å².